The van der Waals surface area contributed by atoms with Gasteiger partial charge in [-0.25, -0.2) is 4.39 Å². The van der Waals surface area contributed by atoms with Crippen molar-refractivity contribution in [2.75, 3.05) is 12.4 Å². The maximum absolute atomic E-state index is 13.1. The molecule has 0 heterocycles. The number of rotatable bonds is 4. The summed E-state index contributed by atoms with van der Waals surface area (Å²) in [5.74, 6) is 0.306. The highest BCUT2D eigenvalue weighted by Gasteiger charge is 2.10. The van der Waals surface area contributed by atoms with Crippen LogP contribution in [0, 0.1) is 12.7 Å². The van der Waals surface area contributed by atoms with Gasteiger partial charge in [-0.2, -0.15) is 0 Å². The summed E-state index contributed by atoms with van der Waals surface area (Å²) < 4.78 is 18.2. The van der Waals surface area contributed by atoms with Gasteiger partial charge >= 0.3 is 0 Å². The lowest BCUT2D eigenvalue weighted by atomic mass is 10.1. The number of ether oxygens (including phenoxy) is 1. The van der Waals surface area contributed by atoms with Crippen LogP contribution in [0.25, 0.3) is 0 Å². The van der Waals surface area contributed by atoms with Crippen LogP contribution < -0.4 is 10.1 Å². The number of aryl methyl sites for hydroxylation is 1. The number of aromatic hydroxyl groups is 1. The predicted octanol–water partition coefficient (Wildman–Crippen LogP) is 4.02. The van der Waals surface area contributed by atoms with Gasteiger partial charge in [-0.15, -0.1) is 0 Å². The van der Waals surface area contributed by atoms with E-state index >= 15 is 0 Å². The highest BCUT2D eigenvalue weighted by Crippen LogP contribution is 2.30. The molecule has 20 heavy (non-hydrogen) atoms. The van der Waals surface area contributed by atoms with Crippen molar-refractivity contribution in [3.05, 3.63) is 53.3 Å². The SMILES string of the molecule is COc1cc(C(C)Nc2ccc(F)cc2C)ccc1O. The van der Waals surface area contributed by atoms with Gasteiger partial charge in [0.2, 0.25) is 0 Å². The molecule has 4 heteroatoms. The van der Waals surface area contributed by atoms with Crippen LogP contribution in [0.1, 0.15) is 24.1 Å². The first-order valence-electron chi connectivity index (χ1n) is 6.41. The fourth-order valence-corrected chi connectivity index (χ4v) is 2.07. The lowest BCUT2D eigenvalue weighted by Crippen LogP contribution is -2.08. The second kappa shape index (κ2) is 5.82. The van der Waals surface area contributed by atoms with Crippen molar-refractivity contribution in [3.8, 4) is 11.5 Å². The molecule has 1 atom stereocenters. The van der Waals surface area contributed by atoms with Crippen molar-refractivity contribution in [2.45, 2.75) is 19.9 Å². The van der Waals surface area contributed by atoms with Crippen LogP contribution in [0.4, 0.5) is 10.1 Å². The molecule has 0 saturated heterocycles. The fourth-order valence-electron chi connectivity index (χ4n) is 2.07. The van der Waals surface area contributed by atoms with Gasteiger partial charge in [-0.1, -0.05) is 6.07 Å². The second-order valence-electron chi connectivity index (χ2n) is 4.76. The van der Waals surface area contributed by atoms with Gasteiger partial charge in [0.15, 0.2) is 11.5 Å². The molecule has 0 aliphatic rings. The topological polar surface area (TPSA) is 41.5 Å². The molecule has 3 nitrogen and oxygen atoms in total. The molecule has 0 spiro atoms. The van der Waals surface area contributed by atoms with Crippen LogP contribution in [0.15, 0.2) is 36.4 Å². The van der Waals surface area contributed by atoms with Gasteiger partial charge < -0.3 is 15.2 Å². The van der Waals surface area contributed by atoms with E-state index in [1.54, 1.807) is 18.2 Å². The van der Waals surface area contributed by atoms with E-state index in [4.69, 9.17) is 4.74 Å². The van der Waals surface area contributed by atoms with Gasteiger partial charge in [-0.05, 0) is 55.3 Å². The van der Waals surface area contributed by atoms with Gasteiger partial charge in [0.25, 0.3) is 0 Å². The minimum Gasteiger partial charge on any atom is -0.504 e. The largest absolute Gasteiger partial charge is 0.504 e. The summed E-state index contributed by atoms with van der Waals surface area (Å²) in [5.41, 5.74) is 2.71. The molecule has 2 aromatic carbocycles. The highest BCUT2D eigenvalue weighted by molar-refractivity contribution is 5.53. The second-order valence-corrected chi connectivity index (χ2v) is 4.76. The van der Waals surface area contributed by atoms with Crippen LogP contribution in [0.2, 0.25) is 0 Å². The number of methoxy groups -OCH3 is 1. The third-order valence-electron chi connectivity index (χ3n) is 3.26. The molecular formula is C16H18FNO2. The monoisotopic (exact) mass is 275 g/mol. The number of hydrogen-bond donors (Lipinski definition) is 2. The molecule has 2 rings (SSSR count). The molecular weight excluding hydrogens is 257 g/mol. The van der Waals surface area contributed by atoms with Crippen molar-refractivity contribution >= 4 is 5.69 Å². The molecule has 106 valence electrons. The van der Waals surface area contributed by atoms with Crippen molar-refractivity contribution in [2.24, 2.45) is 0 Å². The van der Waals surface area contributed by atoms with Gasteiger partial charge in [0.05, 0.1) is 7.11 Å². The Morgan fingerprint density at radius 3 is 2.60 bits per heavy atom. The Morgan fingerprint density at radius 2 is 1.95 bits per heavy atom. The first-order valence-corrected chi connectivity index (χ1v) is 6.41. The van der Waals surface area contributed by atoms with Crippen molar-refractivity contribution in [1.82, 2.24) is 0 Å². The lowest BCUT2D eigenvalue weighted by Gasteiger charge is -2.18. The minimum absolute atomic E-state index is 0.00802. The van der Waals surface area contributed by atoms with Crippen molar-refractivity contribution < 1.29 is 14.2 Å². The van der Waals surface area contributed by atoms with Crippen LogP contribution in [-0.2, 0) is 0 Å². The maximum atomic E-state index is 13.1. The molecule has 2 N–H and O–H groups in total. The summed E-state index contributed by atoms with van der Waals surface area (Å²) in [6, 6.07) is 9.86. The Labute approximate surface area is 118 Å². The zero-order chi connectivity index (χ0) is 14.7. The minimum atomic E-state index is -0.244. The van der Waals surface area contributed by atoms with E-state index in [0.717, 1.165) is 16.8 Å². The first-order chi connectivity index (χ1) is 9.51. The number of phenolic OH excluding ortho intramolecular Hbond substituents is 1. The third-order valence-corrected chi connectivity index (χ3v) is 3.26. The van der Waals surface area contributed by atoms with E-state index in [9.17, 15) is 9.50 Å². The van der Waals surface area contributed by atoms with Crippen molar-refractivity contribution in [3.63, 3.8) is 0 Å². The Hall–Kier alpha value is -2.23. The van der Waals surface area contributed by atoms with Crippen LogP contribution in [0.5, 0.6) is 11.5 Å². The van der Waals surface area contributed by atoms with E-state index in [0.29, 0.717) is 5.75 Å². The third kappa shape index (κ3) is 3.02. The summed E-state index contributed by atoms with van der Waals surface area (Å²) in [5, 5.41) is 12.9. The maximum Gasteiger partial charge on any atom is 0.160 e. The van der Waals surface area contributed by atoms with Crippen molar-refractivity contribution in [1.29, 1.82) is 0 Å². The standard InChI is InChI=1S/C16H18FNO2/c1-10-8-13(17)5-6-14(10)18-11(2)12-4-7-15(19)16(9-12)20-3/h4-9,11,18-19H,1-3H3. The zero-order valence-electron chi connectivity index (χ0n) is 11.8. The van der Waals surface area contributed by atoms with Gasteiger partial charge in [0, 0.05) is 11.7 Å². The summed E-state index contributed by atoms with van der Waals surface area (Å²) >= 11 is 0. The Morgan fingerprint density at radius 1 is 1.20 bits per heavy atom. The first kappa shape index (κ1) is 14.2. The van der Waals surface area contributed by atoms with E-state index < -0.39 is 0 Å². The van der Waals surface area contributed by atoms with Crippen LogP contribution in [0.3, 0.4) is 0 Å². The molecule has 0 bridgehead atoms. The van der Waals surface area contributed by atoms with E-state index in [1.165, 1.54) is 19.2 Å². The molecule has 0 amide bonds. The molecule has 0 aromatic heterocycles. The summed E-state index contributed by atoms with van der Waals surface area (Å²) in [7, 11) is 1.51. The normalized spacial score (nSPS) is 12.0. The number of nitrogens with one attached hydrogen (secondary N) is 1. The quantitative estimate of drug-likeness (QED) is 0.885. The summed E-state index contributed by atoms with van der Waals surface area (Å²) in [6.07, 6.45) is 0. The van der Waals surface area contributed by atoms with Gasteiger partial charge in [-0.3, -0.25) is 0 Å². The fraction of sp³-hybridized carbons (Fsp3) is 0.250. The average molecular weight is 275 g/mol. The molecule has 1 unspecified atom stereocenters. The highest BCUT2D eigenvalue weighted by atomic mass is 19.1. The van der Waals surface area contributed by atoms with Gasteiger partial charge in [0.1, 0.15) is 5.82 Å². The Balaban J connectivity index is 2.21. The smallest absolute Gasteiger partial charge is 0.160 e. The number of anilines is 1. The molecule has 0 saturated carbocycles. The Bertz CT molecular complexity index is 613. The van der Waals surface area contributed by atoms with E-state index in [1.807, 2.05) is 19.9 Å². The number of halogens is 1. The average Bonchev–Trinajstić information content (AvgIpc) is 2.42. The molecule has 0 aliphatic heterocycles. The summed E-state index contributed by atoms with van der Waals surface area (Å²) in [6.45, 7) is 3.85. The molecule has 0 radical (unpaired) electrons. The van der Waals surface area contributed by atoms with Crippen LogP contribution in [-0.4, -0.2) is 12.2 Å². The predicted molar refractivity (Wildman–Crippen MR) is 77.8 cm³/mol. The molecule has 2 aromatic rings. The van der Waals surface area contributed by atoms with Crippen LogP contribution >= 0.6 is 0 Å². The zero-order valence-corrected chi connectivity index (χ0v) is 11.8. The number of hydrogen-bond acceptors (Lipinski definition) is 3. The van der Waals surface area contributed by atoms with E-state index in [2.05, 4.69) is 5.32 Å². The lowest BCUT2D eigenvalue weighted by molar-refractivity contribution is 0.373. The molecule has 0 aliphatic carbocycles. The number of benzene rings is 2. The van der Waals surface area contributed by atoms with E-state index in [-0.39, 0.29) is 17.6 Å². The molecule has 0 fully saturated rings. The summed E-state index contributed by atoms with van der Waals surface area (Å²) in [4.78, 5) is 0. The number of phenols is 1. The Kier molecular flexibility index (Phi) is 4.13.